The SMILES string of the molecule is O=S(=O)(Nc1noc2cc(Cn3cccn3)c3c(c12)OCC3)c1cccc(N2CC3(CCNCC3)C2)c1. The van der Waals surface area contributed by atoms with Crippen molar-refractivity contribution in [3.8, 4) is 5.75 Å². The van der Waals surface area contributed by atoms with Crippen LogP contribution in [0.5, 0.6) is 5.75 Å². The first-order valence-electron chi connectivity index (χ1n) is 12.6. The Kier molecular flexibility index (Phi) is 5.19. The third kappa shape index (κ3) is 3.93. The van der Waals surface area contributed by atoms with Crippen LogP contribution in [-0.2, 0) is 23.0 Å². The largest absolute Gasteiger partial charge is 0.492 e. The van der Waals surface area contributed by atoms with E-state index in [0.717, 1.165) is 49.4 Å². The summed E-state index contributed by atoms with van der Waals surface area (Å²) < 4.78 is 42.8. The van der Waals surface area contributed by atoms with E-state index in [9.17, 15) is 8.42 Å². The van der Waals surface area contributed by atoms with Crippen LogP contribution in [0.2, 0.25) is 0 Å². The molecule has 0 amide bonds. The first-order chi connectivity index (χ1) is 18.0. The highest BCUT2D eigenvalue weighted by Crippen LogP contribution is 2.43. The Morgan fingerprint density at radius 2 is 2.00 bits per heavy atom. The van der Waals surface area contributed by atoms with Crippen LogP contribution < -0.4 is 19.7 Å². The van der Waals surface area contributed by atoms with Crippen LogP contribution in [0.3, 0.4) is 0 Å². The number of nitrogens with zero attached hydrogens (tertiary/aromatic N) is 4. The van der Waals surface area contributed by atoms with Crippen LogP contribution in [0.1, 0.15) is 24.0 Å². The standard InChI is InChI=1S/C26H28N6O4S/c33-37(34,20-4-1-3-19(14-20)31-16-26(17-31)6-9-27-10-7-26)30-25-23-22(36-29-25)13-18(15-32-11-2-8-28-32)21-5-12-35-24(21)23/h1-4,8,11,13-14,27H,5-7,9-10,12,15-17H2,(H,29,30). The maximum Gasteiger partial charge on any atom is 0.263 e. The van der Waals surface area contributed by atoms with E-state index in [2.05, 4.69) is 25.2 Å². The van der Waals surface area contributed by atoms with Gasteiger partial charge in [0.15, 0.2) is 11.4 Å². The monoisotopic (exact) mass is 520 g/mol. The number of nitrogens with one attached hydrogen (secondary N) is 2. The van der Waals surface area contributed by atoms with Crippen LogP contribution in [-0.4, -0.2) is 56.1 Å². The molecule has 2 saturated heterocycles. The van der Waals surface area contributed by atoms with Crippen LogP contribution in [0.25, 0.3) is 11.0 Å². The maximum absolute atomic E-state index is 13.4. The lowest BCUT2D eigenvalue weighted by Crippen LogP contribution is -2.60. The lowest BCUT2D eigenvalue weighted by atomic mass is 9.72. The molecule has 4 aromatic rings. The molecule has 37 heavy (non-hydrogen) atoms. The number of sulfonamides is 1. The van der Waals surface area contributed by atoms with Gasteiger partial charge in [-0.25, -0.2) is 8.42 Å². The average molecular weight is 521 g/mol. The van der Waals surface area contributed by atoms with Gasteiger partial charge in [0.05, 0.1) is 18.0 Å². The highest BCUT2D eigenvalue weighted by molar-refractivity contribution is 7.92. The van der Waals surface area contributed by atoms with Crippen molar-refractivity contribution in [3.63, 3.8) is 0 Å². The minimum atomic E-state index is -3.90. The normalized spacial score (nSPS) is 18.5. The number of hydrogen-bond acceptors (Lipinski definition) is 8. The van der Waals surface area contributed by atoms with Gasteiger partial charge < -0.3 is 19.5 Å². The Labute approximate surface area is 214 Å². The maximum atomic E-state index is 13.4. The Morgan fingerprint density at radius 3 is 2.81 bits per heavy atom. The van der Waals surface area contributed by atoms with Gasteiger partial charge >= 0.3 is 0 Å². The number of aromatic nitrogens is 3. The van der Waals surface area contributed by atoms with Gasteiger partial charge in [0.1, 0.15) is 11.1 Å². The molecule has 2 aromatic heterocycles. The Hall–Kier alpha value is -3.57. The topological polar surface area (TPSA) is 115 Å². The van der Waals surface area contributed by atoms with Crippen molar-refractivity contribution in [2.75, 3.05) is 42.4 Å². The fraction of sp³-hybridized carbons (Fsp3) is 0.385. The molecule has 0 saturated carbocycles. The van der Waals surface area contributed by atoms with E-state index in [-0.39, 0.29) is 10.7 Å². The molecular formula is C26H28N6O4S. The first-order valence-corrected chi connectivity index (χ1v) is 14.1. The second kappa shape index (κ2) is 8.49. The van der Waals surface area contributed by atoms with E-state index < -0.39 is 10.0 Å². The molecule has 5 heterocycles. The van der Waals surface area contributed by atoms with Gasteiger partial charge in [0.2, 0.25) is 0 Å². The number of benzene rings is 2. The molecule has 2 N–H and O–H groups in total. The van der Waals surface area contributed by atoms with Gasteiger partial charge in [-0.05, 0) is 61.8 Å². The Bertz CT molecular complexity index is 1570. The predicted octanol–water partition coefficient (Wildman–Crippen LogP) is 3.00. The first kappa shape index (κ1) is 22.6. The van der Waals surface area contributed by atoms with E-state index in [4.69, 9.17) is 9.26 Å². The summed E-state index contributed by atoms with van der Waals surface area (Å²) in [7, 11) is -3.90. The summed E-state index contributed by atoms with van der Waals surface area (Å²) >= 11 is 0. The van der Waals surface area contributed by atoms with E-state index in [1.54, 1.807) is 24.4 Å². The van der Waals surface area contributed by atoms with Crippen molar-refractivity contribution in [2.45, 2.75) is 30.7 Å². The molecule has 10 nitrogen and oxygen atoms in total. The summed E-state index contributed by atoms with van der Waals surface area (Å²) in [6, 6.07) is 10.9. The molecule has 3 aliphatic rings. The zero-order chi connectivity index (χ0) is 25.0. The molecule has 1 spiro atoms. The molecule has 7 rings (SSSR count). The van der Waals surface area contributed by atoms with Crippen molar-refractivity contribution in [1.29, 1.82) is 0 Å². The Balaban J connectivity index is 1.16. The van der Waals surface area contributed by atoms with Gasteiger partial charge in [-0.15, -0.1) is 0 Å². The number of fused-ring (bicyclic) bond motifs is 3. The van der Waals surface area contributed by atoms with E-state index in [1.165, 1.54) is 12.8 Å². The number of rotatable bonds is 6. The predicted molar refractivity (Wildman–Crippen MR) is 139 cm³/mol. The molecular weight excluding hydrogens is 492 g/mol. The highest BCUT2D eigenvalue weighted by Gasteiger charge is 2.43. The van der Waals surface area contributed by atoms with Crippen molar-refractivity contribution in [3.05, 3.63) is 59.9 Å². The van der Waals surface area contributed by atoms with Gasteiger partial charge in [-0.2, -0.15) is 5.10 Å². The number of anilines is 2. The van der Waals surface area contributed by atoms with Crippen molar-refractivity contribution in [2.24, 2.45) is 5.41 Å². The minimum Gasteiger partial charge on any atom is -0.492 e. The molecule has 0 radical (unpaired) electrons. The lowest BCUT2D eigenvalue weighted by molar-refractivity contribution is 0.150. The summed E-state index contributed by atoms with van der Waals surface area (Å²) in [5.74, 6) is 0.766. The molecule has 2 fully saturated rings. The van der Waals surface area contributed by atoms with Crippen LogP contribution in [0.4, 0.5) is 11.5 Å². The molecule has 11 heteroatoms. The number of ether oxygens (including phenoxy) is 1. The molecule has 0 unspecified atom stereocenters. The molecule has 0 bridgehead atoms. The fourth-order valence-electron chi connectivity index (χ4n) is 5.88. The molecule has 2 aromatic carbocycles. The number of piperidine rings is 1. The average Bonchev–Trinajstić information content (AvgIpc) is 3.65. The smallest absolute Gasteiger partial charge is 0.263 e. The summed E-state index contributed by atoms with van der Waals surface area (Å²) in [6.07, 6.45) is 6.69. The second-order valence-electron chi connectivity index (χ2n) is 10.3. The molecule has 0 aliphatic carbocycles. The second-order valence-corrected chi connectivity index (χ2v) is 11.9. The van der Waals surface area contributed by atoms with Gasteiger partial charge in [0, 0.05) is 48.6 Å². The Morgan fingerprint density at radius 1 is 1.14 bits per heavy atom. The summed E-state index contributed by atoms with van der Waals surface area (Å²) in [5, 5.41) is 12.3. The summed E-state index contributed by atoms with van der Waals surface area (Å²) in [6.45, 7) is 5.12. The van der Waals surface area contributed by atoms with E-state index in [0.29, 0.717) is 35.3 Å². The van der Waals surface area contributed by atoms with Crippen molar-refractivity contribution >= 4 is 32.5 Å². The summed E-state index contributed by atoms with van der Waals surface area (Å²) in [5.41, 5.74) is 3.79. The third-order valence-corrected chi connectivity index (χ3v) is 9.18. The summed E-state index contributed by atoms with van der Waals surface area (Å²) in [4.78, 5) is 2.46. The van der Waals surface area contributed by atoms with Gasteiger partial charge in [-0.1, -0.05) is 11.2 Å². The molecule has 192 valence electrons. The van der Waals surface area contributed by atoms with Crippen LogP contribution in [0, 0.1) is 5.41 Å². The van der Waals surface area contributed by atoms with E-state index >= 15 is 0 Å². The zero-order valence-corrected chi connectivity index (χ0v) is 21.1. The third-order valence-electron chi connectivity index (χ3n) is 7.84. The zero-order valence-electron chi connectivity index (χ0n) is 20.3. The highest BCUT2D eigenvalue weighted by atomic mass is 32.2. The van der Waals surface area contributed by atoms with Crippen LogP contribution >= 0.6 is 0 Å². The van der Waals surface area contributed by atoms with Crippen molar-refractivity contribution < 1.29 is 17.7 Å². The minimum absolute atomic E-state index is 0.141. The van der Waals surface area contributed by atoms with Crippen LogP contribution in [0.15, 0.2) is 58.2 Å². The molecule has 3 aliphatic heterocycles. The van der Waals surface area contributed by atoms with Gasteiger partial charge in [-0.3, -0.25) is 9.40 Å². The fourth-order valence-corrected chi connectivity index (χ4v) is 6.93. The quantitative estimate of drug-likeness (QED) is 0.399. The lowest BCUT2D eigenvalue weighted by Gasteiger charge is -2.53. The van der Waals surface area contributed by atoms with E-state index in [1.807, 2.05) is 29.1 Å². The molecule has 0 atom stereocenters. The van der Waals surface area contributed by atoms with Gasteiger partial charge in [0.25, 0.3) is 10.0 Å². The van der Waals surface area contributed by atoms with Crippen molar-refractivity contribution in [1.82, 2.24) is 20.3 Å². The number of hydrogen-bond donors (Lipinski definition) is 2.